The molecule has 0 saturated carbocycles. The lowest BCUT2D eigenvalue weighted by molar-refractivity contribution is 0.0946. The number of aromatic nitrogens is 5. The van der Waals surface area contributed by atoms with Crippen LogP contribution in [0, 0.1) is 6.92 Å². The van der Waals surface area contributed by atoms with Gasteiger partial charge < -0.3 is 15.6 Å². The average molecular weight is 358 g/mol. The molecular formula is C14H14N8O4. The highest BCUT2D eigenvalue weighted by Gasteiger charge is 2.22. The monoisotopic (exact) mass is 358 g/mol. The second-order valence-electron chi connectivity index (χ2n) is 5.04. The van der Waals surface area contributed by atoms with Crippen LogP contribution in [0.5, 0.6) is 11.5 Å². The third-order valence-electron chi connectivity index (χ3n) is 3.33. The number of nitrogens with zero attached hydrogens (tertiary/aromatic N) is 6. The second-order valence-corrected chi connectivity index (χ2v) is 5.04. The molecule has 2 heterocycles. The number of methoxy groups -OCH3 is 1. The Morgan fingerprint density at radius 1 is 1.46 bits per heavy atom. The van der Waals surface area contributed by atoms with Gasteiger partial charge >= 0.3 is 0 Å². The third-order valence-corrected chi connectivity index (χ3v) is 3.33. The van der Waals surface area contributed by atoms with Crippen LogP contribution in [0.2, 0.25) is 0 Å². The molecule has 0 radical (unpaired) electrons. The average Bonchev–Trinajstić information content (AvgIpc) is 3.20. The maximum absolute atomic E-state index is 12.4. The zero-order valence-electron chi connectivity index (χ0n) is 13.7. The van der Waals surface area contributed by atoms with Gasteiger partial charge in [-0.25, -0.2) is 10.1 Å². The molecular weight excluding hydrogens is 344 g/mol. The number of hydrogen-bond acceptors (Lipinski definition) is 10. The van der Waals surface area contributed by atoms with Crippen LogP contribution in [0.4, 0.5) is 5.82 Å². The molecule has 0 aliphatic heterocycles. The lowest BCUT2D eigenvalue weighted by atomic mass is 10.2. The Hall–Kier alpha value is -3.96. The topological polar surface area (TPSA) is 167 Å². The molecule has 12 heteroatoms. The first-order valence-electron chi connectivity index (χ1n) is 7.22. The molecule has 1 aromatic carbocycles. The van der Waals surface area contributed by atoms with E-state index in [0.717, 1.165) is 4.68 Å². The third kappa shape index (κ3) is 3.15. The number of phenolic OH excluding ortho intramolecular Hbond substituents is 1. The number of nitrogens with one attached hydrogen (secondary N) is 1. The molecule has 134 valence electrons. The molecule has 0 unspecified atom stereocenters. The minimum Gasteiger partial charge on any atom is -0.504 e. The van der Waals surface area contributed by atoms with Crippen molar-refractivity contribution in [3.05, 3.63) is 35.2 Å². The Bertz CT molecular complexity index is 977. The van der Waals surface area contributed by atoms with Gasteiger partial charge in [-0.3, -0.25) is 4.79 Å². The minimum atomic E-state index is -0.594. The summed E-state index contributed by atoms with van der Waals surface area (Å²) < 4.78 is 10.6. The van der Waals surface area contributed by atoms with Crippen LogP contribution in [0.15, 0.2) is 27.9 Å². The molecule has 0 atom stereocenters. The number of carbonyl (C=O) groups is 1. The van der Waals surface area contributed by atoms with Crippen molar-refractivity contribution in [1.29, 1.82) is 0 Å². The van der Waals surface area contributed by atoms with E-state index in [4.69, 9.17) is 10.5 Å². The van der Waals surface area contributed by atoms with Crippen LogP contribution in [0.3, 0.4) is 0 Å². The van der Waals surface area contributed by atoms with E-state index in [1.807, 2.05) is 0 Å². The zero-order valence-corrected chi connectivity index (χ0v) is 13.7. The van der Waals surface area contributed by atoms with Gasteiger partial charge in [0.15, 0.2) is 17.2 Å². The maximum atomic E-state index is 12.4. The summed E-state index contributed by atoms with van der Waals surface area (Å²) in [5, 5.41) is 28.2. The maximum Gasteiger partial charge on any atom is 0.292 e. The smallest absolute Gasteiger partial charge is 0.292 e. The summed E-state index contributed by atoms with van der Waals surface area (Å²) in [7, 11) is 1.44. The largest absolute Gasteiger partial charge is 0.504 e. The number of amides is 1. The summed E-state index contributed by atoms with van der Waals surface area (Å²) in [6.07, 6.45) is 1.35. The number of benzene rings is 1. The Morgan fingerprint density at radius 2 is 2.27 bits per heavy atom. The molecule has 3 rings (SSSR count). The fourth-order valence-corrected chi connectivity index (χ4v) is 2.11. The molecule has 0 bridgehead atoms. The molecule has 4 N–H and O–H groups in total. The van der Waals surface area contributed by atoms with Gasteiger partial charge in [-0.15, -0.1) is 5.10 Å². The van der Waals surface area contributed by atoms with Crippen LogP contribution < -0.4 is 15.9 Å². The summed E-state index contributed by atoms with van der Waals surface area (Å²) in [4.78, 5) is 12.4. The Balaban J connectivity index is 1.78. The number of hydrazone groups is 1. The van der Waals surface area contributed by atoms with Crippen molar-refractivity contribution in [1.82, 2.24) is 30.7 Å². The van der Waals surface area contributed by atoms with Gasteiger partial charge in [-0.1, -0.05) is 5.21 Å². The van der Waals surface area contributed by atoms with Crippen molar-refractivity contribution in [3.63, 3.8) is 0 Å². The normalized spacial score (nSPS) is 11.0. The Morgan fingerprint density at radius 3 is 2.92 bits per heavy atom. The van der Waals surface area contributed by atoms with E-state index >= 15 is 0 Å². The van der Waals surface area contributed by atoms with Crippen molar-refractivity contribution in [2.45, 2.75) is 6.92 Å². The number of carbonyl (C=O) groups excluding carboxylic acids is 1. The molecule has 12 nitrogen and oxygen atoms in total. The Kier molecular flexibility index (Phi) is 4.47. The number of aromatic hydroxyl groups is 1. The summed E-state index contributed by atoms with van der Waals surface area (Å²) in [6.45, 7) is 1.59. The SMILES string of the molecule is COc1ccc(C=NNC(=O)c2c(C)nnn2-c2nonc2N)cc1O. The number of anilines is 1. The van der Waals surface area contributed by atoms with Crippen molar-refractivity contribution in [3.8, 4) is 17.3 Å². The van der Waals surface area contributed by atoms with E-state index in [1.165, 1.54) is 19.4 Å². The van der Waals surface area contributed by atoms with E-state index in [-0.39, 0.29) is 23.1 Å². The van der Waals surface area contributed by atoms with E-state index < -0.39 is 5.91 Å². The molecule has 0 saturated heterocycles. The first-order valence-corrected chi connectivity index (χ1v) is 7.22. The first-order chi connectivity index (χ1) is 12.5. The lowest BCUT2D eigenvalue weighted by Crippen LogP contribution is -2.22. The standard InChI is InChI=1S/C14H14N8O4/c1-7-11(22(21-17-7)13-12(15)19-26-20-13)14(24)18-16-6-8-3-4-10(25-2)9(23)5-8/h3-6,23H,1-2H3,(H2,15,19)(H,18,24). The number of aryl methyl sites for hydroxylation is 1. The highest BCUT2D eigenvalue weighted by molar-refractivity contribution is 5.94. The fourth-order valence-electron chi connectivity index (χ4n) is 2.11. The molecule has 3 aromatic rings. The lowest BCUT2D eigenvalue weighted by Gasteiger charge is -2.04. The second kappa shape index (κ2) is 6.88. The van der Waals surface area contributed by atoms with Gasteiger partial charge in [0.2, 0.25) is 11.6 Å². The molecule has 0 fully saturated rings. The van der Waals surface area contributed by atoms with Crippen molar-refractivity contribution in [2.24, 2.45) is 5.10 Å². The van der Waals surface area contributed by atoms with Gasteiger partial charge in [-0.05, 0) is 41.0 Å². The van der Waals surface area contributed by atoms with Gasteiger partial charge in [-0.2, -0.15) is 9.78 Å². The number of nitrogen functional groups attached to an aromatic ring is 1. The van der Waals surface area contributed by atoms with Gasteiger partial charge in [0.1, 0.15) is 0 Å². The summed E-state index contributed by atoms with van der Waals surface area (Å²) in [5.41, 5.74) is 8.91. The summed E-state index contributed by atoms with van der Waals surface area (Å²) in [6, 6.07) is 4.67. The predicted octanol–water partition coefficient (Wildman–Crippen LogP) is 0.0190. The molecule has 26 heavy (non-hydrogen) atoms. The number of hydrogen-bond donors (Lipinski definition) is 3. The number of nitrogens with two attached hydrogens (primary N) is 1. The summed E-state index contributed by atoms with van der Waals surface area (Å²) in [5.74, 6) is -0.310. The predicted molar refractivity (Wildman–Crippen MR) is 88.1 cm³/mol. The van der Waals surface area contributed by atoms with Crippen LogP contribution >= 0.6 is 0 Å². The number of rotatable bonds is 5. The van der Waals surface area contributed by atoms with Crippen molar-refractivity contribution >= 4 is 17.9 Å². The van der Waals surface area contributed by atoms with E-state index in [0.29, 0.717) is 17.0 Å². The highest BCUT2D eigenvalue weighted by atomic mass is 16.6. The van der Waals surface area contributed by atoms with Crippen LogP contribution in [0.25, 0.3) is 5.82 Å². The van der Waals surface area contributed by atoms with E-state index in [1.54, 1.807) is 19.1 Å². The number of ether oxygens (including phenoxy) is 1. The van der Waals surface area contributed by atoms with Gasteiger partial charge in [0, 0.05) is 0 Å². The zero-order chi connectivity index (χ0) is 18.7. The van der Waals surface area contributed by atoms with Crippen molar-refractivity contribution < 1.29 is 19.3 Å². The minimum absolute atomic E-state index is 0.0406. The van der Waals surface area contributed by atoms with Crippen LogP contribution in [0.1, 0.15) is 21.7 Å². The highest BCUT2D eigenvalue weighted by Crippen LogP contribution is 2.25. The van der Waals surface area contributed by atoms with Gasteiger partial charge in [0.05, 0.1) is 19.0 Å². The van der Waals surface area contributed by atoms with E-state index in [2.05, 4.69) is 35.8 Å². The molecule has 0 spiro atoms. The Labute approximate surface area is 146 Å². The van der Waals surface area contributed by atoms with Crippen LogP contribution in [-0.2, 0) is 0 Å². The van der Waals surface area contributed by atoms with Crippen LogP contribution in [-0.4, -0.2) is 49.6 Å². The molecule has 0 aliphatic rings. The fraction of sp³-hybridized carbons (Fsp3) is 0.143. The van der Waals surface area contributed by atoms with E-state index in [9.17, 15) is 9.90 Å². The summed E-state index contributed by atoms with van der Waals surface area (Å²) >= 11 is 0. The molecule has 0 aliphatic carbocycles. The quantitative estimate of drug-likeness (QED) is 0.420. The molecule has 2 aromatic heterocycles. The number of phenols is 1. The molecule has 1 amide bonds. The van der Waals surface area contributed by atoms with Crippen molar-refractivity contribution in [2.75, 3.05) is 12.8 Å². The van der Waals surface area contributed by atoms with Gasteiger partial charge in [0.25, 0.3) is 5.91 Å². The first kappa shape index (κ1) is 16.9.